The summed E-state index contributed by atoms with van der Waals surface area (Å²) in [6, 6.07) is 0. The number of anilines is 1. The van der Waals surface area contributed by atoms with Crippen LogP contribution in [0.4, 0.5) is 5.69 Å². The summed E-state index contributed by atoms with van der Waals surface area (Å²) in [5.74, 6) is 0.853. The van der Waals surface area contributed by atoms with E-state index >= 15 is 0 Å². The van der Waals surface area contributed by atoms with E-state index in [-0.39, 0.29) is 17.4 Å². The van der Waals surface area contributed by atoms with Gasteiger partial charge >= 0.3 is 5.97 Å². The van der Waals surface area contributed by atoms with Crippen molar-refractivity contribution in [2.24, 2.45) is 7.05 Å². The second kappa shape index (κ2) is 6.88. The van der Waals surface area contributed by atoms with Crippen LogP contribution in [0.1, 0.15) is 66.3 Å². The summed E-state index contributed by atoms with van der Waals surface area (Å²) in [6.45, 7) is 7.37. The van der Waals surface area contributed by atoms with Crippen LogP contribution in [0.15, 0.2) is 10.7 Å². The van der Waals surface area contributed by atoms with Crippen molar-refractivity contribution in [1.82, 2.24) is 24.9 Å². The summed E-state index contributed by atoms with van der Waals surface area (Å²) in [5, 5.41) is 19.0. The molecule has 0 amide bonds. The molecule has 0 saturated carbocycles. The summed E-state index contributed by atoms with van der Waals surface area (Å²) >= 11 is 0. The monoisotopic (exact) mass is 384 g/mol. The molecule has 148 valence electrons. The van der Waals surface area contributed by atoms with E-state index in [4.69, 9.17) is 4.52 Å². The largest absolute Gasteiger partial charge is 0.478 e. The van der Waals surface area contributed by atoms with Crippen LogP contribution in [-0.4, -0.2) is 49.1 Å². The third-order valence-electron chi connectivity index (χ3n) is 5.36. The molecule has 0 radical (unpaired) electrons. The lowest BCUT2D eigenvalue weighted by atomic mass is 9.95. The predicted molar refractivity (Wildman–Crippen MR) is 103 cm³/mol. The van der Waals surface area contributed by atoms with Crippen molar-refractivity contribution in [1.29, 1.82) is 0 Å². The molecule has 1 aliphatic heterocycles. The highest BCUT2D eigenvalue weighted by atomic mass is 16.5. The lowest BCUT2D eigenvalue weighted by molar-refractivity contribution is 0.0697. The molecule has 9 nitrogen and oxygen atoms in total. The average Bonchev–Trinajstić information content (AvgIpc) is 3.27. The molecule has 1 fully saturated rings. The molecule has 0 atom stereocenters. The minimum Gasteiger partial charge on any atom is -0.478 e. The molecule has 0 aromatic carbocycles. The van der Waals surface area contributed by atoms with Gasteiger partial charge in [-0.15, -0.1) is 0 Å². The van der Waals surface area contributed by atoms with Crippen molar-refractivity contribution in [2.75, 3.05) is 18.0 Å². The second-order valence-corrected chi connectivity index (χ2v) is 7.64. The maximum absolute atomic E-state index is 11.9. The Balaban J connectivity index is 1.64. The van der Waals surface area contributed by atoms with E-state index in [1.54, 1.807) is 4.68 Å². The first-order valence-electron chi connectivity index (χ1n) is 9.50. The molecule has 0 spiro atoms. The highest BCUT2D eigenvalue weighted by molar-refractivity contribution is 6.04. The van der Waals surface area contributed by atoms with E-state index < -0.39 is 5.97 Å². The van der Waals surface area contributed by atoms with Crippen LogP contribution in [0.2, 0.25) is 0 Å². The fourth-order valence-corrected chi connectivity index (χ4v) is 3.88. The number of aromatic nitrogens is 5. The van der Waals surface area contributed by atoms with Gasteiger partial charge in [0.25, 0.3) is 0 Å². The topological polar surface area (TPSA) is 110 Å². The fraction of sp³-hybridized carbons (Fsp3) is 0.526. The Morgan fingerprint density at radius 2 is 2.04 bits per heavy atom. The highest BCUT2D eigenvalue weighted by Crippen LogP contribution is 2.36. The number of fused-ring (bicyclic) bond motifs is 1. The number of hydrogen-bond donors (Lipinski definition) is 1. The van der Waals surface area contributed by atoms with E-state index in [0.717, 1.165) is 29.7 Å². The minimum atomic E-state index is -0.978. The van der Waals surface area contributed by atoms with Crippen molar-refractivity contribution in [3.63, 3.8) is 0 Å². The minimum absolute atomic E-state index is 0.192. The van der Waals surface area contributed by atoms with Gasteiger partial charge in [0.15, 0.2) is 11.5 Å². The number of pyridine rings is 1. The van der Waals surface area contributed by atoms with Gasteiger partial charge in [0.05, 0.1) is 16.8 Å². The van der Waals surface area contributed by atoms with Gasteiger partial charge in [0.2, 0.25) is 5.89 Å². The molecular weight excluding hydrogens is 360 g/mol. The van der Waals surface area contributed by atoms with Crippen LogP contribution in [0, 0.1) is 6.92 Å². The predicted octanol–water partition coefficient (Wildman–Crippen LogP) is 2.87. The third kappa shape index (κ3) is 3.00. The van der Waals surface area contributed by atoms with E-state index in [1.807, 2.05) is 27.8 Å². The van der Waals surface area contributed by atoms with Gasteiger partial charge in [-0.2, -0.15) is 10.1 Å². The van der Waals surface area contributed by atoms with Gasteiger partial charge in [0, 0.05) is 38.2 Å². The molecule has 28 heavy (non-hydrogen) atoms. The van der Waals surface area contributed by atoms with Crippen LogP contribution in [0.25, 0.3) is 11.0 Å². The van der Waals surface area contributed by atoms with Gasteiger partial charge in [-0.1, -0.05) is 19.0 Å². The molecule has 3 aromatic rings. The third-order valence-corrected chi connectivity index (χ3v) is 5.36. The molecule has 1 N–H and O–H groups in total. The quantitative estimate of drug-likeness (QED) is 0.731. The van der Waals surface area contributed by atoms with Crippen LogP contribution in [-0.2, 0) is 7.05 Å². The lowest BCUT2D eigenvalue weighted by Crippen LogP contribution is -2.34. The zero-order chi connectivity index (χ0) is 20.0. The Morgan fingerprint density at radius 3 is 2.64 bits per heavy atom. The molecule has 3 aromatic heterocycles. The number of aromatic carboxylic acids is 1. The van der Waals surface area contributed by atoms with E-state index in [2.05, 4.69) is 25.1 Å². The Hall–Kier alpha value is -2.97. The molecule has 0 bridgehead atoms. The summed E-state index contributed by atoms with van der Waals surface area (Å²) in [6.07, 6.45) is 3.07. The molecule has 9 heteroatoms. The van der Waals surface area contributed by atoms with Gasteiger partial charge in [-0.25, -0.2) is 9.78 Å². The molecule has 0 aliphatic carbocycles. The van der Waals surface area contributed by atoms with Crippen molar-refractivity contribution < 1.29 is 14.4 Å². The highest BCUT2D eigenvalue weighted by Gasteiger charge is 2.30. The van der Waals surface area contributed by atoms with Crippen molar-refractivity contribution >= 4 is 22.7 Å². The van der Waals surface area contributed by atoms with E-state index in [0.29, 0.717) is 30.3 Å². The first-order chi connectivity index (χ1) is 13.4. The normalized spacial score (nSPS) is 15.7. The fourth-order valence-electron chi connectivity index (χ4n) is 3.88. The van der Waals surface area contributed by atoms with Crippen LogP contribution < -0.4 is 4.90 Å². The summed E-state index contributed by atoms with van der Waals surface area (Å²) in [7, 11) is 1.82. The first-order valence-corrected chi connectivity index (χ1v) is 9.50. The SMILES string of the molecule is Cc1nn(C)c2ncc(C(=O)O)c(N3CCC(c4nc(C(C)C)no4)CC3)c12. The molecular formula is C19H24N6O3. The molecule has 1 saturated heterocycles. The summed E-state index contributed by atoms with van der Waals surface area (Å²) < 4.78 is 7.16. The summed E-state index contributed by atoms with van der Waals surface area (Å²) in [4.78, 5) is 22.8. The number of carboxylic acid groups (broad SMARTS) is 1. The van der Waals surface area contributed by atoms with Crippen LogP contribution >= 0.6 is 0 Å². The van der Waals surface area contributed by atoms with Crippen molar-refractivity contribution in [3.05, 3.63) is 29.2 Å². The Morgan fingerprint density at radius 1 is 1.32 bits per heavy atom. The number of nitrogens with zero attached hydrogens (tertiary/aromatic N) is 6. The Labute approximate surface area is 162 Å². The molecule has 4 heterocycles. The standard InChI is InChI=1S/C19H24N6O3/c1-10(2)16-21-18(28-23-16)12-5-7-25(8-6-12)15-13(19(26)27)9-20-17-14(15)11(3)22-24(17)4/h9-10,12H,5-8H2,1-4H3,(H,26,27). The number of rotatable bonds is 4. The number of hydrogen-bond acceptors (Lipinski definition) is 7. The average molecular weight is 384 g/mol. The zero-order valence-corrected chi connectivity index (χ0v) is 16.5. The van der Waals surface area contributed by atoms with Crippen molar-refractivity contribution in [3.8, 4) is 0 Å². The first kappa shape index (κ1) is 18.4. The maximum atomic E-state index is 11.9. The van der Waals surface area contributed by atoms with Gasteiger partial charge in [-0.05, 0) is 19.8 Å². The number of piperidine rings is 1. The van der Waals surface area contributed by atoms with Crippen LogP contribution in [0.3, 0.4) is 0 Å². The van der Waals surface area contributed by atoms with E-state index in [1.165, 1.54) is 6.20 Å². The smallest absolute Gasteiger partial charge is 0.339 e. The Kier molecular flexibility index (Phi) is 4.52. The number of carbonyl (C=O) groups is 1. The lowest BCUT2D eigenvalue weighted by Gasteiger charge is -2.33. The van der Waals surface area contributed by atoms with E-state index in [9.17, 15) is 9.90 Å². The van der Waals surface area contributed by atoms with Gasteiger partial charge in [-0.3, -0.25) is 4.68 Å². The molecule has 1 aliphatic rings. The number of aryl methyl sites for hydroxylation is 2. The molecule has 0 unspecified atom stereocenters. The second-order valence-electron chi connectivity index (χ2n) is 7.64. The van der Waals surface area contributed by atoms with Crippen molar-refractivity contribution in [2.45, 2.75) is 45.4 Å². The Bertz CT molecular complexity index is 1030. The van der Waals surface area contributed by atoms with Gasteiger partial charge in [0.1, 0.15) is 5.56 Å². The molecule has 4 rings (SSSR count). The number of carboxylic acids is 1. The van der Waals surface area contributed by atoms with Crippen LogP contribution in [0.5, 0.6) is 0 Å². The summed E-state index contributed by atoms with van der Waals surface area (Å²) in [5.41, 5.74) is 2.39. The van der Waals surface area contributed by atoms with Gasteiger partial charge < -0.3 is 14.5 Å². The zero-order valence-electron chi connectivity index (χ0n) is 16.5. The maximum Gasteiger partial charge on any atom is 0.339 e.